The molecule has 0 bridgehead atoms. The number of nitrogens with zero attached hydrogens (tertiary/aromatic N) is 3. The summed E-state index contributed by atoms with van der Waals surface area (Å²) in [5, 5.41) is 0. The summed E-state index contributed by atoms with van der Waals surface area (Å²) in [6.45, 7) is 0.459. The van der Waals surface area contributed by atoms with E-state index in [0.717, 1.165) is 28.1 Å². The summed E-state index contributed by atoms with van der Waals surface area (Å²) >= 11 is 0. The Morgan fingerprint density at radius 2 is 1.88 bits per heavy atom. The van der Waals surface area contributed by atoms with Gasteiger partial charge < -0.3 is 10.7 Å². The third kappa shape index (κ3) is 1.76. The fourth-order valence-corrected chi connectivity index (χ4v) is 1.72. The number of imidazole rings is 1. The lowest BCUT2D eigenvalue weighted by Crippen LogP contribution is -1.95. The number of rotatable bonds is 2. The number of hydrogen-bond donors (Lipinski definition) is 2. The first kappa shape index (κ1) is 9.92. The molecule has 0 aliphatic heterocycles. The smallest absolute Gasteiger partial charge is 0.137 e. The molecule has 84 valence electrons. The molecule has 5 nitrogen and oxygen atoms in total. The van der Waals surface area contributed by atoms with E-state index in [1.54, 1.807) is 18.6 Å². The maximum absolute atomic E-state index is 5.54. The minimum Gasteiger partial charge on any atom is -0.341 e. The van der Waals surface area contributed by atoms with Gasteiger partial charge in [-0.25, -0.2) is 4.98 Å². The van der Waals surface area contributed by atoms with Crippen LogP contribution in [-0.4, -0.2) is 19.9 Å². The van der Waals surface area contributed by atoms with Gasteiger partial charge in [0.15, 0.2) is 0 Å². The lowest BCUT2D eigenvalue weighted by Gasteiger charge is -1.99. The number of benzene rings is 1. The minimum atomic E-state index is 0.459. The van der Waals surface area contributed by atoms with Crippen molar-refractivity contribution < 1.29 is 0 Å². The molecule has 0 spiro atoms. The molecule has 0 saturated heterocycles. The Bertz CT molecular complexity index is 659. The average molecular weight is 225 g/mol. The highest BCUT2D eigenvalue weighted by Gasteiger charge is 2.04. The number of fused-ring (bicyclic) bond motifs is 1. The Hall–Kier alpha value is -2.27. The van der Waals surface area contributed by atoms with Crippen molar-refractivity contribution in [3.8, 4) is 11.4 Å². The first-order valence-corrected chi connectivity index (χ1v) is 5.32. The van der Waals surface area contributed by atoms with Crippen LogP contribution in [0.5, 0.6) is 0 Å². The third-order valence-corrected chi connectivity index (χ3v) is 2.59. The molecule has 0 fully saturated rings. The van der Waals surface area contributed by atoms with Gasteiger partial charge in [-0.1, -0.05) is 0 Å². The molecule has 0 unspecified atom stereocenters. The van der Waals surface area contributed by atoms with Crippen LogP contribution in [0.1, 0.15) is 5.69 Å². The summed E-state index contributed by atoms with van der Waals surface area (Å²) in [4.78, 5) is 15.9. The lowest BCUT2D eigenvalue weighted by atomic mass is 10.2. The highest BCUT2D eigenvalue weighted by atomic mass is 14.9. The molecule has 2 aromatic heterocycles. The second-order valence-electron chi connectivity index (χ2n) is 3.72. The van der Waals surface area contributed by atoms with Crippen molar-refractivity contribution in [2.45, 2.75) is 6.54 Å². The number of H-pyrrole nitrogens is 1. The molecule has 0 aliphatic rings. The Kier molecular flexibility index (Phi) is 2.31. The number of nitrogens with one attached hydrogen (secondary N) is 1. The van der Waals surface area contributed by atoms with Crippen LogP contribution in [0.2, 0.25) is 0 Å². The van der Waals surface area contributed by atoms with E-state index in [4.69, 9.17) is 5.73 Å². The summed E-state index contributed by atoms with van der Waals surface area (Å²) in [6, 6.07) is 5.86. The van der Waals surface area contributed by atoms with Gasteiger partial charge in [-0.3, -0.25) is 9.97 Å². The first-order valence-electron chi connectivity index (χ1n) is 5.32. The van der Waals surface area contributed by atoms with E-state index in [2.05, 4.69) is 19.9 Å². The normalized spacial score (nSPS) is 10.9. The maximum atomic E-state index is 5.54. The topological polar surface area (TPSA) is 80.5 Å². The maximum Gasteiger partial charge on any atom is 0.137 e. The average Bonchev–Trinajstić information content (AvgIpc) is 2.87. The Balaban J connectivity index is 2.11. The van der Waals surface area contributed by atoms with E-state index in [1.807, 2.05) is 18.2 Å². The van der Waals surface area contributed by atoms with Gasteiger partial charge >= 0.3 is 0 Å². The van der Waals surface area contributed by atoms with Crippen molar-refractivity contribution in [3.05, 3.63) is 42.5 Å². The van der Waals surface area contributed by atoms with Crippen LogP contribution in [0.25, 0.3) is 22.4 Å². The van der Waals surface area contributed by atoms with E-state index in [0.29, 0.717) is 6.54 Å². The molecule has 3 rings (SSSR count). The second kappa shape index (κ2) is 3.95. The summed E-state index contributed by atoms with van der Waals surface area (Å²) in [5.74, 6) is 0.804. The fraction of sp³-hybridized carbons (Fsp3) is 0.0833. The fourth-order valence-electron chi connectivity index (χ4n) is 1.72. The third-order valence-electron chi connectivity index (χ3n) is 2.59. The Morgan fingerprint density at radius 3 is 2.65 bits per heavy atom. The van der Waals surface area contributed by atoms with E-state index >= 15 is 0 Å². The number of aromatic nitrogens is 4. The zero-order valence-electron chi connectivity index (χ0n) is 9.09. The van der Waals surface area contributed by atoms with Crippen LogP contribution in [0.4, 0.5) is 0 Å². The van der Waals surface area contributed by atoms with Gasteiger partial charge in [0, 0.05) is 36.4 Å². The van der Waals surface area contributed by atoms with Crippen molar-refractivity contribution in [1.29, 1.82) is 0 Å². The summed E-state index contributed by atoms with van der Waals surface area (Å²) in [6.07, 6.45) is 5.11. The van der Waals surface area contributed by atoms with Crippen LogP contribution >= 0.6 is 0 Å². The van der Waals surface area contributed by atoms with Gasteiger partial charge in [0.25, 0.3) is 0 Å². The van der Waals surface area contributed by atoms with Crippen molar-refractivity contribution in [1.82, 2.24) is 19.9 Å². The summed E-state index contributed by atoms with van der Waals surface area (Å²) < 4.78 is 0. The molecule has 17 heavy (non-hydrogen) atoms. The molecular formula is C12H11N5. The van der Waals surface area contributed by atoms with Crippen molar-refractivity contribution in [3.63, 3.8) is 0 Å². The molecule has 0 amide bonds. The number of hydrogen-bond acceptors (Lipinski definition) is 4. The summed E-state index contributed by atoms with van der Waals surface area (Å²) in [7, 11) is 0. The van der Waals surface area contributed by atoms with E-state index in [1.165, 1.54) is 0 Å². The van der Waals surface area contributed by atoms with E-state index in [9.17, 15) is 0 Å². The van der Waals surface area contributed by atoms with E-state index in [-0.39, 0.29) is 0 Å². The van der Waals surface area contributed by atoms with Crippen molar-refractivity contribution in [2.24, 2.45) is 5.73 Å². The number of aromatic amines is 1. The standard InChI is InChI=1S/C12H11N5/c13-6-9-7-16-12(17-9)8-1-2-10-11(5-8)15-4-3-14-10/h1-5,7H,6,13H2,(H,16,17). The molecule has 3 aromatic rings. The zero-order valence-corrected chi connectivity index (χ0v) is 9.09. The van der Waals surface area contributed by atoms with Gasteiger partial charge in [0.1, 0.15) is 5.82 Å². The molecule has 0 radical (unpaired) electrons. The van der Waals surface area contributed by atoms with Crippen molar-refractivity contribution in [2.75, 3.05) is 0 Å². The lowest BCUT2D eigenvalue weighted by molar-refractivity contribution is 1.01. The monoisotopic (exact) mass is 225 g/mol. The van der Waals surface area contributed by atoms with Gasteiger partial charge in [0.2, 0.25) is 0 Å². The quantitative estimate of drug-likeness (QED) is 0.692. The van der Waals surface area contributed by atoms with Crippen LogP contribution in [-0.2, 0) is 6.54 Å². The highest BCUT2D eigenvalue weighted by Crippen LogP contribution is 2.19. The van der Waals surface area contributed by atoms with Gasteiger partial charge in [-0.15, -0.1) is 0 Å². The zero-order chi connectivity index (χ0) is 11.7. The molecule has 0 atom stereocenters. The molecule has 0 aliphatic carbocycles. The second-order valence-corrected chi connectivity index (χ2v) is 3.72. The molecular weight excluding hydrogens is 214 g/mol. The predicted octanol–water partition coefficient (Wildman–Crippen LogP) is 1.48. The molecule has 2 heterocycles. The Labute approximate surface area is 97.7 Å². The first-order chi connectivity index (χ1) is 8.36. The molecule has 5 heteroatoms. The van der Waals surface area contributed by atoms with Crippen LogP contribution in [0.3, 0.4) is 0 Å². The summed E-state index contributed by atoms with van der Waals surface area (Å²) in [5.41, 5.74) is 9.17. The predicted molar refractivity (Wildman–Crippen MR) is 65.0 cm³/mol. The van der Waals surface area contributed by atoms with E-state index < -0.39 is 0 Å². The molecule has 1 aromatic carbocycles. The molecule has 0 saturated carbocycles. The van der Waals surface area contributed by atoms with Crippen LogP contribution in [0.15, 0.2) is 36.8 Å². The Morgan fingerprint density at radius 1 is 1.06 bits per heavy atom. The molecule has 3 N–H and O–H groups in total. The minimum absolute atomic E-state index is 0.459. The number of nitrogens with two attached hydrogens (primary N) is 1. The largest absolute Gasteiger partial charge is 0.341 e. The van der Waals surface area contributed by atoms with Crippen LogP contribution < -0.4 is 5.73 Å². The SMILES string of the molecule is NCc1cnc(-c2ccc3nccnc3c2)[nH]1. The van der Waals surface area contributed by atoms with Crippen molar-refractivity contribution >= 4 is 11.0 Å². The van der Waals surface area contributed by atoms with Gasteiger partial charge in [-0.2, -0.15) is 0 Å². The van der Waals surface area contributed by atoms with Crippen LogP contribution in [0, 0.1) is 0 Å². The highest BCUT2D eigenvalue weighted by molar-refractivity contribution is 5.79. The van der Waals surface area contributed by atoms with Gasteiger partial charge in [0.05, 0.1) is 11.0 Å². The van der Waals surface area contributed by atoms with Gasteiger partial charge in [-0.05, 0) is 18.2 Å².